The van der Waals surface area contributed by atoms with Gasteiger partial charge in [-0.1, -0.05) is 12.1 Å². The van der Waals surface area contributed by atoms with Gasteiger partial charge in [0.1, 0.15) is 5.75 Å². The van der Waals surface area contributed by atoms with E-state index < -0.39 is 75.7 Å². The van der Waals surface area contributed by atoms with Crippen LogP contribution in [0.4, 0.5) is 0 Å². The number of amides is 1. The number of fused-ring (bicyclic) bond motifs is 3. The van der Waals surface area contributed by atoms with Gasteiger partial charge in [0.15, 0.2) is 34.7 Å². The highest BCUT2D eigenvalue weighted by molar-refractivity contribution is 6.32. The van der Waals surface area contributed by atoms with Crippen LogP contribution in [0.2, 0.25) is 0 Å². The summed E-state index contributed by atoms with van der Waals surface area (Å²) in [4.78, 5) is 66.4. The van der Waals surface area contributed by atoms with Crippen LogP contribution in [0.15, 0.2) is 18.2 Å². The highest BCUT2D eigenvalue weighted by Crippen LogP contribution is 2.55. The van der Waals surface area contributed by atoms with E-state index in [1.54, 1.807) is 0 Å². The Morgan fingerprint density at radius 1 is 1.09 bits per heavy atom. The average molecular weight is 444 g/mol. The molecule has 0 saturated heterocycles. The molecule has 10 heteroatoms. The first-order valence-electron chi connectivity index (χ1n) is 10.2. The third-order valence-corrected chi connectivity index (χ3v) is 7.38. The second-order valence-corrected chi connectivity index (χ2v) is 9.28. The van der Waals surface area contributed by atoms with Crippen molar-refractivity contribution in [1.82, 2.24) is 4.90 Å². The maximum atomic E-state index is 13.6. The lowest BCUT2D eigenvalue weighted by Crippen LogP contribution is -2.75. The van der Waals surface area contributed by atoms with Gasteiger partial charge in [-0.3, -0.25) is 28.9 Å². The smallest absolute Gasteiger partial charge is 0.235 e. The minimum absolute atomic E-state index is 0.117. The highest BCUT2D eigenvalue weighted by Gasteiger charge is 2.71. The van der Waals surface area contributed by atoms with Crippen LogP contribution in [0, 0.1) is 23.7 Å². The number of Topliss-reactive ketones (excluding diaryl/α,β-unsaturated/α-hetero) is 4. The molecular weight excluding hydrogens is 420 g/mol. The van der Waals surface area contributed by atoms with Crippen LogP contribution in [0.1, 0.15) is 29.3 Å². The molecule has 0 aliphatic heterocycles. The van der Waals surface area contributed by atoms with Crippen molar-refractivity contribution >= 4 is 29.0 Å². The van der Waals surface area contributed by atoms with Gasteiger partial charge in [-0.05, 0) is 39.1 Å². The molecule has 0 unspecified atom stereocenters. The molecule has 170 valence electrons. The Morgan fingerprint density at radius 2 is 1.72 bits per heavy atom. The molecule has 0 radical (unpaired) electrons. The normalized spacial score (nSPS) is 38.9. The van der Waals surface area contributed by atoms with Crippen molar-refractivity contribution in [2.45, 2.75) is 30.6 Å². The van der Waals surface area contributed by atoms with Gasteiger partial charge in [-0.2, -0.15) is 0 Å². The minimum Gasteiger partial charge on any atom is -0.507 e. The summed E-state index contributed by atoms with van der Waals surface area (Å²) in [5.74, 6) is -12.0. The molecular formula is C22H24N2O8. The minimum atomic E-state index is -2.82. The summed E-state index contributed by atoms with van der Waals surface area (Å²) in [6.07, 6.45) is -0.230. The summed E-state index contributed by atoms with van der Waals surface area (Å²) in [6.45, 7) is 1.39. The number of primary amides is 1. The van der Waals surface area contributed by atoms with E-state index in [9.17, 15) is 39.3 Å². The van der Waals surface area contributed by atoms with Crippen molar-refractivity contribution in [2.75, 3.05) is 14.1 Å². The van der Waals surface area contributed by atoms with Crippen molar-refractivity contribution in [3.63, 3.8) is 0 Å². The van der Waals surface area contributed by atoms with Crippen molar-refractivity contribution in [2.24, 2.45) is 29.4 Å². The van der Waals surface area contributed by atoms with Crippen LogP contribution in [0.3, 0.4) is 0 Å². The number of ketones is 4. The monoisotopic (exact) mass is 444 g/mol. The Morgan fingerprint density at radius 3 is 2.28 bits per heavy atom. The summed E-state index contributed by atoms with van der Waals surface area (Å²) in [5.41, 5.74) is 0.511. The molecule has 10 nitrogen and oxygen atoms in total. The van der Waals surface area contributed by atoms with Crippen molar-refractivity contribution in [3.8, 4) is 5.75 Å². The predicted molar refractivity (Wildman–Crippen MR) is 107 cm³/mol. The first kappa shape index (κ1) is 22.3. The molecule has 0 spiro atoms. The maximum absolute atomic E-state index is 13.6. The summed E-state index contributed by atoms with van der Waals surface area (Å²) in [6, 6.07) is 2.91. The molecule has 0 aromatic heterocycles. The van der Waals surface area contributed by atoms with Gasteiger partial charge < -0.3 is 21.1 Å². The summed E-state index contributed by atoms with van der Waals surface area (Å²) >= 11 is 0. The lowest BCUT2D eigenvalue weighted by atomic mass is 9.49. The van der Waals surface area contributed by atoms with Crippen molar-refractivity contribution < 1.29 is 39.3 Å². The van der Waals surface area contributed by atoms with Crippen LogP contribution in [0.25, 0.3) is 0 Å². The number of hydrogen-bond acceptors (Lipinski definition) is 9. The molecule has 3 aliphatic rings. The molecule has 7 atom stereocenters. The lowest BCUT2D eigenvalue weighted by Gasteiger charge is -2.55. The molecule has 1 aromatic rings. The van der Waals surface area contributed by atoms with Crippen LogP contribution >= 0.6 is 0 Å². The number of phenolic OH excluding ortho intramolecular Hbond substituents is 1. The zero-order chi connectivity index (χ0) is 23.9. The fraction of sp³-hybridized carbons (Fsp3) is 0.500. The third-order valence-electron chi connectivity index (χ3n) is 7.38. The van der Waals surface area contributed by atoms with Crippen molar-refractivity contribution in [3.05, 3.63) is 29.3 Å². The Bertz CT molecular complexity index is 1090. The van der Waals surface area contributed by atoms with Gasteiger partial charge in [-0.25, -0.2) is 0 Å². The van der Waals surface area contributed by atoms with E-state index in [4.69, 9.17) is 5.73 Å². The van der Waals surface area contributed by atoms with E-state index in [0.717, 1.165) is 0 Å². The topological polar surface area (TPSA) is 175 Å². The van der Waals surface area contributed by atoms with E-state index in [1.807, 2.05) is 0 Å². The number of rotatable bonds is 2. The molecule has 2 fully saturated rings. The number of carbonyl (C=O) groups is 5. The number of carbonyl (C=O) groups excluding carboxylic acids is 5. The number of aliphatic hydroxyl groups is 2. The second kappa shape index (κ2) is 6.77. The fourth-order valence-electron chi connectivity index (χ4n) is 5.88. The largest absolute Gasteiger partial charge is 0.507 e. The van der Waals surface area contributed by atoms with Crippen LogP contribution in [0.5, 0.6) is 5.75 Å². The number of aromatic hydroxyl groups is 1. The van der Waals surface area contributed by atoms with E-state index in [-0.39, 0.29) is 17.5 Å². The number of benzene rings is 1. The summed E-state index contributed by atoms with van der Waals surface area (Å²) in [5, 5.41) is 33.1. The number of likely N-dealkylation sites (N-methyl/N-ethyl adjacent to an activating group) is 1. The molecule has 1 amide bonds. The molecule has 0 heterocycles. The fourth-order valence-corrected chi connectivity index (χ4v) is 5.88. The summed E-state index contributed by atoms with van der Waals surface area (Å²) in [7, 11) is 2.98. The second-order valence-electron chi connectivity index (χ2n) is 9.28. The number of nitrogens with two attached hydrogens (primary N) is 1. The van der Waals surface area contributed by atoms with Gasteiger partial charge in [0.05, 0.1) is 23.1 Å². The standard InChI is InChI=1S/C22H24N2O8/c1-21(31)8-5-4-6-11(25)12(8)16(26)13-9(21)7-10-15(24(2)3)17(27)14(20(23)30)19(29)22(10,32)18(13)28/h4-6,9-10,13-15,25,31-32H,7H2,1-3H3,(H2,23,30)/t9-,10-,13+,14-,15-,21+,22-/m0/s1. The van der Waals surface area contributed by atoms with Gasteiger partial charge in [0.2, 0.25) is 5.91 Å². The van der Waals surface area contributed by atoms with Gasteiger partial charge in [-0.15, -0.1) is 0 Å². The molecule has 1 aromatic carbocycles. The van der Waals surface area contributed by atoms with E-state index >= 15 is 0 Å². The first-order chi connectivity index (χ1) is 14.8. The van der Waals surface area contributed by atoms with Crippen LogP contribution in [-0.2, 0) is 24.8 Å². The zero-order valence-corrected chi connectivity index (χ0v) is 17.7. The molecule has 5 N–H and O–H groups in total. The summed E-state index contributed by atoms with van der Waals surface area (Å²) < 4.78 is 0. The van der Waals surface area contributed by atoms with Gasteiger partial charge in [0, 0.05) is 11.8 Å². The number of hydrogen-bond donors (Lipinski definition) is 4. The predicted octanol–water partition coefficient (Wildman–Crippen LogP) is -1.47. The molecule has 3 aliphatic carbocycles. The quantitative estimate of drug-likeness (QED) is 0.397. The first-order valence-corrected chi connectivity index (χ1v) is 10.2. The average Bonchev–Trinajstić information content (AvgIpc) is 2.68. The Kier molecular flexibility index (Phi) is 4.71. The van der Waals surface area contributed by atoms with E-state index in [0.29, 0.717) is 0 Å². The van der Waals surface area contributed by atoms with Crippen molar-refractivity contribution in [1.29, 1.82) is 0 Å². The highest BCUT2D eigenvalue weighted by atomic mass is 16.3. The number of phenols is 1. The number of nitrogens with zero attached hydrogens (tertiary/aromatic N) is 1. The lowest BCUT2D eigenvalue weighted by molar-refractivity contribution is -0.188. The molecule has 2 saturated carbocycles. The van der Waals surface area contributed by atoms with Crippen LogP contribution in [-0.4, -0.2) is 75.0 Å². The molecule has 32 heavy (non-hydrogen) atoms. The molecule has 4 rings (SSSR count). The van der Waals surface area contributed by atoms with Crippen LogP contribution < -0.4 is 5.73 Å². The Hall–Kier alpha value is -2.95. The third kappa shape index (κ3) is 2.54. The SMILES string of the molecule is CN(C)[C@@H]1C(=O)[C@H](C(N)=O)C(=O)[C@@]2(O)C(=O)[C@H]3C(=O)c4c(O)cccc4[C@@](C)(O)[C@H]3C[C@@H]12. The Labute approximate surface area is 183 Å². The van der Waals surface area contributed by atoms with E-state index in [1.165, 1.54) is 44.1 Å². The van der Waals surface area contributed by atoms with E-state index in [2.05, 4.69) is 0 Å². The zero-order valence-electron chi connectivity index (χ0n) is 17.7. The van der Waals surface area contributed by atoms with Gasteiger partial charge >= 0.3 is 0 Å². The Balaban J connectivity index is 1.95. The molecule has 0 bridgehead atoms. The van der Waals surface area contributed by atoms with Gasteiger partial charge in [0.25, 0.3) is 0 Å². The maximum Gasteiger partial charge on any atom is 0.235 e.